The second-order valence-electron chi connectivity index (χ2n) is 4.09. The van der Waals surface area contributed by atoms with Crippen LogP contribution in [0.1, 0.15) is 50.0 Å². The Morgan fingerprint density at radius 3 is 2.65 bits per heavy atom. The third kappa shape index (κ3) is 4.75. The Hall–Kier alpha value is -0.430. The van der Waals surface area contributed by atoms with Gasteiger partial charge in [0, 0.05) is 10.3 Å². The van der Waals surface area contributed by atoms with Crippen LogP contribution in [0, 0.1) is 0 Å². The van der Waals surface area contributed by atoms with Crippen LogP contribution in [0.3, 0.4) is 0 Å². The molecule has 0 bridgehead atoms. The Morgan fingerprint density at radius 1 is 1.41 bits per heavy atom. The average molecular weight is 277 g/mol. The van der Waals surface area contributed by atoms with E-state index < -0.39 is 16.1 Å². The highest BCUT2D eigenvalue weighted by Gasteiger charge is 2.15. The molecule has 0 fully saturated rings. The third-order valence-electron chi connectivity index (χ3n) is 2.58. The normalized spacial score (nSPS) is 13.8. The minimum atomic E-state index is -3.65. The van der Waals surface area contributed by atoms with Crippen molar-refractivity contribution in [1.82, 2.24) is 0 Å². The molecule has 0 amide bonds. The number of nitrogens with two attached hydrogens (primary N) is 1. The van der Waals surface area contributed by atoms with E-state index in [9.17, 15) is 13.5 Å². The molecule has 98 valence electrons. The predicted molar refractivity (Wildman–Crippen MR) is 69.4 cm³/mol. The molecule has 0 spiro atoms. The van der Waals surface area contributed by atoms with Crippen LogP contribution >= 0.6 is 11.3 Å². The van der Waals surface area contributed by atoms with E-state index in [0.717, 1.165) is 19.3 Å². The van der Waals surface area contributed by atoms with Gasteiger partial charge in [-0.15, -0.1) is 11.3 Å². The van der Waals surface area contributed by atoms with Crippen molar-refractivity contribution in [3.05, 3.63) is 16.3 Å². The zero-order chi connectivity index (χ0) is 12.9. The van der Waals surface area contributed by atoms with Gasteiger partial charge in [-0.1, -0.05) is 32.6 Å². The first-order valence-electron chi connectivity index (χ1n) is 5.74. The largest absolute Gasteiger partial charge is 0.388 e. The Kier molecular flexibility index (Phi) is 5.58. The van der Waals surface area contributed by atoms with Crippen molar-refractivity contribution in [1.29, 1.82) is 0 Å². The Bertz CT molecular complexity index is 439. The van der Waals surface area contributed by atoms with Gasteiger partial charge in [0.05, 0.1) is 11.0 Å². The highest BCUT2D eigenvalue weighted by molar-refractivity contribution is 7.89. The summed E-state index contributed by atoms with van der Waals surface area (Å²) in [5.41, 5.74) is 0. The van der Waals surface area contributed by atoms with Gasteiger partial charge in [0.2, 0.25) is 10.0 Å². The molecule has 0 aliphatic rings. The Morgan fingerprint density at radius 2 is 2.12 bits per heavy atom. The lowest BCUT2D eigenvalue weighted by molar-refractivity contribution is 0.167. The molecule has 1 aromatic rings. The van der Waals surface area contributed by atoms with E-state index in [1.54, 1.807) is 0 Å². The summed E-state index contributed by atoms with van der Waals surface area (Å²) in [4.78, 5) is 0.760. The van der Waals surface area contributed by atoms with E-state index in [4.69, 9.17) is 5.14 Å². The van der Waals surface area contributed by atoms with Crippen LogP contribution in [-0.2, 0) is 10.0 Å². The van der Waals surface area contributed by atoms with E-state index in [-0.39, 0.29) is 4.90 Å². The maximum absolute atomic E-state index is 11.1. The van der Waals surface area contributed by atoms with Gasteiger partial charge in [-0.3, -0.25) is 0 Å². The molecule has 0 radical (unpaired) electrons. The number of aliphatic hydroxyl groups is 1. The number of aliphatic hydroxyl groups excluding tert-OH is 1. The molecule has 0 aliphatic carbocycles. The zero-order valence-corrected chi connectivity index (χ0v) is 11.6. The fraction of sp³-hybridized carbons (Fsp3) is 0.636. The second kappa shape index (κ2) is 6.49. The molecule has 6 heteroatoms. The first kappa shape index (κ1) is 14.6. The summed E-state index contributed by atoms with van der Waals surface area (Å²) < 4.78 is 22.1. The molecule has 0 saturated carbocycles. The minimum absolute atomic E-state index is 0.0881. The maximum atomic E-state index is 11.1. The van der Waals surface area contributed by atoms with Gasteiger partial charge in [-0.05, 0) is 12.5 Å². The number of hydrogen-bond acceptors (Lipinski definition) is 4. The number of sulfonamides is 1. The van der Waals surface area contributed by atoms with Crippen molar-refractivity contribution < 1.29 is 13.5 Å². The first-order valence-corrected chi connectivity index (χ1v) is 8.17. The van der Waals surface area contributed by atoms with Crippen LogP contribution in [0.2, 0.25) is 0 Å². The van der Waals surface area contributed by atoms with E-state index >= 15 is 0 Å². The highest BCUT2D eigenvalue weighted by atomic mass is 32.2. The van der Waals surface area contributed by atoms with E-state index in [2.05, 4.69) is 6.92 Å². The summed E-state index contributed by atoms with van der Waals surface area (Å²) in [7, 11) is -3.65. The molecule has 1 unspecified atom stereocenters. The van der Waals surface area contributed by atoms with Crippen molar-refractivity contribution in [3.8, 4) is 0 Å². The smallest absolute Gasteiger partial charge is 0.238 e. The number of thiophene rings is 1. The molecule has 0 aliphatic heterocycles. The van der Waals surface area contributed by atoms with E-state index in [1.165, 1.54) is 29.2 Å². The third-order valence-corrected chi connectivity index (χ3v) is 4.66. The fourth-order valence-corrected chi connectivity index (χ4v) is 3.40. The van der Waals surface area contributed by atoms with Crippen molar-refractivity contribution in [2.24, 2.45) is 5.14 Å². The summed E-state index contributed by atoms with van der Waals surface area (Å²) >= 11 is 1.24. The van der Waals surface area contributed by atoms with Crippen LogP contribution in [0.25, 0.3) is 0 Å². The summed E-state index contributed by atoms with van der Waals surface area (Å²) in [6.07, 6.45) is 4.47. The zero-order valence-electron chi connectivity index (χ0n) is 9.93. The fourth-order valence-electron chi connectivity index (χ4n) is 1.57. The molecular formula is C11H19NO3S2. The van der Waals surface area contributed by atoms with Crippen LogP contribution in [0.15, 0.2) is 16.3 Å². The number of hydrogen-bond donors (Lipinski definition) is 2. The predicted octanol–water partition coefficient (Wildman–Crippen LogP) is 2.40. The number of primary sulfonamides is 1. The van der Waals surface area contributed by atoms with Gasteiger partial charge in [-0.25, -0.2) is 13.6 Å². The Labute approximate surface area is 107 Å². The van der Waals surface area contributed by atoms with Crippen LogP contribution in [0.5, 0.6) is 0 Å². The van der Waals surface area contributed by atoms with Crippen molar-refractivity contribution in [2.45, 2.75) is 50.0 Å². The second-order valence-corrected chi connectivity index (χ2v) is 6.60. The van der Waals surface area contributed by atoms with Crippen molar-refractivity contribution in [2.75, 3.05) is 0 Å². The van der Waals surface area contributed by atoms with E-state index in [0.29, 0.717) is 11.3 Å². The first-order chi connectivity index (χ1) is 7.95. The molecule has 0 saturated heterocycles. The van der Waals surface area contributed by atoms with Gasteiger partial charge in [-0.2, -0.15) is 0 Å². The monoisotopic (exact) mass is 277 g/mol. The maximum Gasteiger partial charge on any atom is 0.238 e. The lowest BCUT2D eigenvalue weighted by atomic mass is 10.1. The lowest BCUT2D eigenvalue weighted by Crippen LogP contribution is -2.10. The van der Waals surface area contributed by atoms with Gasteiger partial charge >= 0.3 is 0 Å². The minimum Gasteiger partial charge on any atom is -0.388 e. The van der Waals surface area contributed by atoms with Gasteiger partial charge in [0.25, 0.3) is 0 Å². The van der Waals surface area contributed by atoms with Crippen molar-refractivity contribution >= 4 is 21.4 Å². The topological polar surface area (TPSA) is 80.4 Å². The van der Waals surface area contributed by atoms with Crippen LogP contribution in [0.4, 0.5) is 0 Å². The molecular weight excluding hydrogens is 258 g/mol. The summed E-state index contributed by atoms with van der Waals surface area (Å²) in [5.74, 6) is 0. The molecule has 0 aromatic carbocycles. The molecule has 17 heavy (non-hydrogen) atoms. The molecule has 1 atom stereocenters. The van der Waals surface area contributed by atoms with Crippen LogP contribution in [-0.4, -0.2) is 13.5 Å². The molecule has 3 N–H and O–H groups in total. The standard InChI is InChI=1S/C11H19NO3S2/c1-2-3-4-5-6-10(13)11-7-9(8-16-11)17(12,14)15/h7-8,10,13H,2-6H2,1H3,(H2,12,14,15). The molecule has 4 nitrogen and oxygen atoms in total. The molecule has 1 heterocycles. The average Bonchev–Trinajstić information content (AvgIpc) is 2.72. The quantitative estimate of drug-likeness (QED) is 0.751. The SMILES string of the molecule is CCCCCCC(O)c1cc(S(N)(=O)=O)cs1. The number of unbranched alkanes of at least 4 members (excludes halogenated alkanes) is 3. The highest BCUT2D eigenvalue weighted by Crippen LogP contribution is 2.27. The summed E-state index contributed by atoms with van der Waals surface area (Å²) in [6, 6.07) is 1.46. The van der Waals surface area contributed by atoms with Gasteiger partial charge in [0.1, 0.15) is 0 Å². The van der Waals surface area contributed by atoms with Gasteiger partial charge in [0.15, 0.2) is 0 Å². The lowest BCUT2D eigenvalue weighted by Gasteiger charge is -2.07. The van der Waals surface area contributed by atoms with Crippen LogP contribution < -0.4 is 5.14 Å². The number of rotatable bonds is 7. The Balaban J connectivity index is 2.52. The summed E-state index contributed by atoms with van der Waals surface area (Å²) in [6.45, 7) is 2.13. The van der Waals surface area contributed by atoms with Gasteiger partial charge < -0.3 is 5.11 Å². The van der Waals surface area contributed by atoms with Crippen molar-refractivity contribution in [3.63, 3.8) is 0 Å². The van der Waals surface area contributed by atoms with E-state index in [1.807, 2.05) is 0 Å². The molecule has 1 aromatic heterocycles. The summed E-state index contributed by atoms with van der Waals surface area (Å²) in [5, 5.41) is 16.4. The molecule has 1 rings (SSSR count).